The summed E-state index contributed by atoms with van der Waals surface area (Å²) in [6.45, 7) is 0. The zero-order chi connectivity index (χ0) is 13.9. The Balaban J connectivity index is 3.52. The SMILES string of the molecule is N#Cc1cc(CC(=O)O)cc(C(F)(F)F)c1C=O. The van der Waals surface area contributed by atoms with Crippen LogP contribution >= 0.6 is 0 Å². The van der Waals surface area contributed by atoms with Gasteiger partial charge in [0.1, 0.15) is 0 Å². The molecule has 0 atom stereocenters. The molecule has 1 aromatic carbocycles. The molecule has 0 amide bonds. The third-order valence-corrected chi connectivity index (χ3v) is 2.14. The Morgan fingerprint density at radius 3 is 2.44 bits per heavy atom. The van der Waals surface area contributed by atoms with E-state index in [9.17, 15) is 22.8 Å². The smallest absolute Gasteiger partial charge is 0.417 e. The lowest BCUT2D eigenvalue weighted by Crippen LogP contribution is -2.12. The number of halogens is 3. The van der Waals surface area contributed by atoms with Crippen LogP contribution in [0.25, 0.3) is 0 Å². The molecule has 7 heteroatoms. The van der Waals surface area contributed by atoms with Crippen molar-refractivity contribution in [2.75, 3.05) is 0 Å². The fourth-order valence-corrected chi connectivity index (χ4v) is 1.44. The van der Waals surface area contributed by atoms with Crippen LogP contribution in [-0.4, -0.2) is 17.4 Å². The lowest BCUT2D eigenvalue weighted by atomic mass is 9.97. The third kappa shape index (κ3) is 2.85. The molecule has 0 aromatic heterocycles. The molecule has 1 rings (SSSR count). The molecule has 94 valence electrons. The predicted octanol–water partition coefficient (Wildman–Crippen LogP) is 2.02. The first-order chi connectivity index (χ1) is 8.29. The van der Waals surface area contributed by atoms with Crippen molar-refractivity contribution in [3.63, 3.8) is 0 Å². The van der Waals surface area contributed by atoms with Crippen molar-refractivity contribution in [1.29, 1.82) is 5.26 Å². The van der Waals surface area contributed by atoms with E-state index in [1.807, 2.05) is 0 Å². The number of aldehydes is 1. The number of carbonyl (C=O) groups is 2. The van der Waals surface area contributed by atoms with E-state index in [2.05, 4.69) is 0 Å². The number of rotatable bonds is 3. The van der Waals surface area contributed by atoms with Crippen molar-refractivity contribution < 1.29 is 27.9 Å². The van der Waals surface area contributed by atoms with Gasteiger partial charge in [-0.2, -0.15) is 18.4 Å². The number of hydrogen-bond donors (Lipinski definition) is 1. The molecule has 0 aliphatic carbocycles. The van der Waals surface area contributed by atoms with Crippen LogP contribution in [0, 0.1) is 11.3 Å². The van der Waals surface area contributed by atoms with Gasteiger partial charge >= 0.3 is 12.1 Å². The minimum atomic E-state index is -4.82. The number of nitriles is 1. The van der Waals surface area contributed by atoms with Gasteiger partial charge in [0.2, 0.25) is 0 Å². The van der Waals surface area contributed by atoms with Crippen LogP contribution in [-0.2, 0) is 17.4 Å². The van der Waals surface area contributed by atoms with Gasteiger partial charge in [0.25, 0.3) is 0 Å². The molecule has 0 bridgehead atoms. The largest absolute Gasteiger partial charge is 0.481 e. The highest BCUT2D eigenvalue weighted by molar-refractivity contribution is 5.83. The van der Waals surface area contributed by atoms with E-state index in [1.165, 1.54) is 6.07 Å². The zero-order valence-electron chi connectivity index (χ0n) is 8.78. The number of aliphatic carboxylic acids is 1. The summed E-state index contributed by atoms with van der Waals surface area (Å²) in [5.41, 5.74) is -2.75. The quantitative estimate of drug-likeness (QED) is 0.840. The first kappa shape index (κ1) is 13.7. The van der Waals surface area contributed by atoms with Crippen molar-refractivity contribution in [2.45, 2.75) is 12.6 Å². The van der Waals surface area contributed by atoms with Gasteiger partial charge in [0.15, 0.2) is 6.29 Å². The fraction of sp³-hybridized carbons (Fsp3) is 0.182. The van der Waals surface area contributed by atoms with Crippen LogP contribution < -0.4 is 0 Å². The lowest BCUT2D eigenvalue weighted by molar-refractivity contribution is -0.139. The molecule has 0 saturated carbocycles. The Morgan fingerprint density at radius 1 is 1.44 bits per heavy atom. The van der Waals surface area contributed by atoms with E-state index in [-0.39, 0.29) is 11.8 Å². The number of carbonyl (C=O) groups excluding carboxylic acids is 1. The van der Waals surface area contributed by atoms with E-state index in [1.54, 1.807) is 0 Å². The van der Waals surface area contributed by atoms with E-state index >= 15 is 0 Å². The first-order valence-corrected chi connectivity index (χ1v) is 4.60. The molecular formula is C11H6F3NO3. The monoisotopic (exact) mass is 257 g/mol. The maximum absolute atomic E-state index is 12.7. The highest BCUT2D eigenvalue weighted by Gasteiger charge is 2.35. The number of carboxylic acids is 1. The Labute approximate surface area is 99.3 Å². The summed E-state index contributed by atoms with van der Waals surface area (Å²) < 4.78 is 38.0. The summed E-state index contributed by atoms with van der Waals surface area (Å²) in [6.07, 6.45) is -5.54. The average molecular weight is 257 g/mol. The molecule has 4 nitrogen and oxygen atoms in total. The standard InChI is InChI=1S/C11H6F3NO3/c12-11(13,14)9-2-6(3-10(17)18)1-7(4-15)8(9)5-16/h1-2,5H,3H2,(H,17,18). The number of alkyl halides is 3. The third-order valence-electron chi connectivity index (χ3n) is 2.14. The summed E-state index contributed by atoms with van der Waals surface area (Å²) in [6, 6.07) is 2.98. The van der Waals surface area contributed by atoms with Gasteiger partial charge in [0.05, 0.1) is 23.6 Å². The van der Waals surface area contributed by atoms with Gasteiger partial charge < -0.3 is 5.11 Å². The average Bonchev–Trinajstić information content (AvgIpc) is 2.25. The van der Waals surface area contributed by atoms with Crippen molar-refractivity contribution in [3.8, 4) is 6.07 Å². The zero-order valence-corrected chi connectivity index (χ0v) is 8.78. The van der Waals surface area contributed by atoms with Crippen molar-refractivity contribution >= 4 is 12.3 Å². The highest BCUT2D eigenvalue weighted by Crippen LogP contribution is 2.33. The van der Waals surface area contributed by atoms with E-state index in [0.29, 0.717) is 6.07 Å². The van der Waals surface area contributed by atoms with Crippen LogP contribution in [0.4, 0.5) is 13.2 Å². The van der Waals surface area contributed by atoms with Crippen LogP contribution in [0.3, 0.4) is 0 Å². The second-order valence-electron chi connectivity index (χ2n) is 3.40. The minimum absolute atomic E-state index is 0.0636. The molecule has 0 fully saturated rings. The summed E-state index contributed by atoms with van der Waals surface area (Å²) >= 11 is 0. The van der Waals surface area contributed by atoms with Crippen LogP contribution in [0.5, 0.6) is 0 Å². The maximum atomic E-state index is 12.7. The normalized spacial score (nSPS) is 10.8. The molecule has 0 aliphatic rings. The molecule has 0 saturated heterocycles. The number of benzene rings is 1. The second-order valence-corrected chi connectivity index (χ2v) is 3.40. The summed E-state index contributed by atoms with van der Waals surface area (Å²) in [5, 5.41) is 17.2. The lowest BCUT2D eigenvalue weighted by Gasteiger charge is -2.12. The van der Waals surface area contributed by atoms with Crippen LogP contribution in [0.2, 0.25) is 0 Å². The van der Waals surface area contributed by atoms with Gasteiger partial charge in [-0.1, -0.05) is 0 Å². The van der Waals surface area contributed by atoms with E-state index in [0.717, 1.165) is 6.07 Å². The van der Waals surface area contributed by atoms with Crippen molar-refractivity contribution in [1.82, 2.24) is 0 Å². The summed E-state index contributed by atoms with van der Waals surface area (Å²) in [4.78, 5) is 21.1. The molecule has 0 aliphatic heterocycles. The Kier molecular flexibility index (Phi) is 3.71. The topological polar surface area (TPSA) is 78.2 Å². The first-order valence-electron chi connectivity index (χ1n) is 4.60. The predicted molar refractivity (Wildman–Crippen MR) is 52.9 cm³/mol. The molecule has 1 aromatic rings. The van der Waals surface area contributed by atoms with Gasteiger partial charge in [-0.3, -0.25) is 9.59 Å². The Bertz CT molecular complexity index is 544. The molecule has 0 heterocycles. The number of nitrogens with zero attached hydrogens (tertiary/aromatic N) is 1. The fourth-order valence-electron chi connectivity index (χ4n) is 1.44. The summed E-state index contributed by atoms with van der Waals surface area (Å²) in [7, 11) is 0. The summed E-state index contributed by atoms with van der Waals surface area (Å²) in [5.74, 6) is -1.33. The highest BCUT2D eigenvalue weighted by atomic mass is 19.4. The molecule has 0 radical (unpaired) electrons. The molecule has 1 N–H and O–H groups in total. The molecule has 0 unspecified atom stereocenters. The van der Waals surface area contributed by atoms with Crippen molar-refractivity contribution in [3.05, 3.63) is 34.4 Å². The van der Waals surface area contributed by atoms with Crippen LogP contribution in [0.1, 0.15) is 27.0 Å². The van der Waals surface area contributed by atoms with Gasteiger partial charge in [0, 0.05) is 5.56 Å². The number of carboxylic acid groups (broad SMARTS) is 1. The van der Waals surface area contributed by atoms with Crippen molar-refractivity contribution in [2.24, 2.45) is 0 Å². The van der Waals surface area contributed by atoms with E-state index in [4.69, 9.17) is 10.4 Å². The molecular weight excluding hydrogens is 251 g/mol. The molecule has 0 spiro atoms. The van der Waals surface area contributed by atoms with Gasteiger partial charge in [-0.15, -0.1) is 0 Å². The number of hydrogen-bond acceptors (Lipinski definition) is 3. The maximum Gasteiger partial charge on any atom is 0.417 e. The Hall–Kier alpha value is -2.36. The molecule has 18 heavy (non-hydrogen) atoms. The van der Waals surface area contributed by atoms with E-state index < -0.39 is 35.3 Å². The van der Waals surface area contributed by atoms with Gasteiger partial charge in [-0.25, -0.2) is 0 Å². The van der Waals surface area contributed by atoms with Gasteiger partial charge in [-0.05, 0) is 17.7 Å². The van der Waals surface area contributed by atoms with Crippen LogP contribution in [0.15, 0.2) is 12.1 Å². The minimum Gasteiger partial charge on any atom is -0.481 e. The Morgan fingerprint density at radius 2 is 2.06 bits per heavy atom. The second kappa shape index (κ2) is 4.87.